The topological polar surface area (TPSA) is 64.2 Å². The Morgan fingerprint density at radius 1 is 1.41 bits per heavy atom. The molecule has 1 fully saturated rings. The predicted octanol–water partition coefficient (Wildman–Crippen LogP) is 3.00. The number of nitrogens with zero attached hydrogens (tertiary/aromatic N) is 3. The van der Waals surface area contributed by atoms with Gasteiger partial charge in [-0.1, -0.05) is 13.8 Å². The van der Waals surface area contributed by atoms with Gasteiger partial charge >= 0.3 is 0 Å². The van der Waals surface area contributed by atoms with Gasteiger partial charge in [-0.25, -0.2) is 0 Å². The fourth-order valence-corrected chi connectivity index (χ4v) is 3.41. The molecular formula is C15H26BrClN4O. The SMILES string of the molecule is CCC(CC)(CN)C(=O)N1CCC(n2cc(Br)cn2)CC1.Cl. The summed E-state index contributed by atoms with van der Waals surface area (Å²) < 4.78 is 3.00. The Morgan fingerprint density at radius 3 is 2.41 bits per heavy atom. The first-order valence-electron chi connectivity index (χ1n) is 7.75. The van der Waals surface area contributed by atoms with Crippen molar-refractivity contribution in [3.63, 3.8) is 0 Å². The molecule has 2 heterocycles. The maximum atomic E-state index is 12.8. The molecule has 1 aromatic heterocycles. The Kier molecular flexibility index (Phi) is 7.35. The molecular weight excluding hydrogens is 368 g/mol. The summed E-state index contributed by atoms with van der Waals surface area (Å²) in [6.07, 6.45) is 7.34. The fraction of sp³-hybridized carbons (Fsp3) is 0.733. The van der Waals surface area contributed by atoms with E-state index in [1.807, 2.05) is 22.0 Å². The summed E-state index contributed by atoms with van der Waals surface area (Å²) in [4.78, 5) is 14.8. The van der Waals surface area contributed by atoms with Crippen molar-refractivity contribution in [2.75, 3.05) is 19.6 Å². The number of likely N-dealkylation sites (tertiary alicyclic amines) is 1. The highest BCUT2D eigenvalue weighted by atomic mass is 79.9. The van der Waals surface area contributed by atoms with Crippen LogP contribution in [0.15, 0.2) is 16.9 Å². The van der Waals surface area contributed by atoms with Crippen LogP contribution >= 0.6 is 28.3 Å². The van der Waals surface area contributed by atoms with E-state index in [1.54, 1.807) is 0 Å². The van der Waals surface area contributed by atoms with Crippen molar-refractivity contribution in [2.24, 2.45) is 11.1 Å². The smallest absolute Gasteiger partial charge is 0.230 e. The van der Waals surface area contributed by atoms with Crippen LogP contribution in [0.3, 0.4) is 0 Å². The lowest BCUT2D eigenvalue weighted by atomic mass is 9.80. The Balaban J connectivity index is 0.00000242. The number of rotatable bonds is 5. The lowest BCUT2D eigenvalue weighted by molar-refractivity contribution is -0.143. The predicted molar refractivity (Wildman–Crippen MR) is 94.1 cm³/mol. The summed E-state index contributed by atoms with van der Waals surface area (Å²) in [6.45, 7) is 6.14. The van der Waals surface area contributed by atoms with E-state index in [1.165, 1.54) is 0 Å². The first-order chi connectivity index (χ1) is 10.1. The molecule has 1 aliphatic rings. The highest BCUT2D eigenvalue weighted by Gasteiger charge is 2.38. The van der Waals surface area contributed by atoms with Gasteiger partial charge < -0.3 is 10.6 Å². The van der Waals surface area contributed by atoms with E-state index >= 15 is 0 Å². The van der Waals surface area contributed by atoms with Crippen LogP contribution in [0.2, 0.25) is 0 Å². The van der Waals surface area contributed by atoms with Gasteiger partial charge in [0.05, 0.1) is 22.1 Å². The zero-order valence-corrected chi connectivity index (χ0v) is 15.7. The number of halogens is 2. The van der Waals surface area contributed by atoms with Gasteiger partial charge in [-0.2, -0.15) is 5.10 Å². The van der Waals surface area contributed by atoms with Crippen LogP contribution in [0.4, 0.5) is 0 Å². The summed E-state index contributed by atoms with van der Waals surface area (Å²) >= 11 is 3.43. The van der Waals surface area contributed by atoms with Gasteiger partial charge in [0.2, 0.25) is 5.91 Å². The second kappa shape index (κ2) is 8.31. The van der Waals surface area contributed by atoms with Gasteiger partial charge in [0.15, 0.2) is 0 Å². The van der Waals surface area contributed by atoms with Crippen LogP contribution in [0.5, 0.6) is 0 Å². The van der Waals surface area contributed by atoms with E-state index in [9.17, 15) is 4.79 Å². The minimum Gasteiger partial charge on any atom is -0.342 e. The summed E-state index contributed by atoms with van der Waals surface area (Å²) in [5.74, 6) is 0.232. The third kappa shape index (κ3) is 3.84. The molecule has 1 amide bonds. The van der Waals surface area contributed by atoms with Gasteiger partial charge in [-0.15, -0.1) is 12.4 Å². The molecule has 1 saturated heterocycles. The number of hydrogen-bond acceptors (Lipinski definition) is 3. The van der Waals surface area contributed by atoms with Gasteiger partial charge in [-0.05, 0) is 41.6 Å². The molecule has 5 nitrogen and oxygen atoms in total. The maximum Gasteiger partial charge on any atom is 0.230 e. The normalized spacial score (nSPS) is 16.5. The molecule has 2 N–H and O–H groups in total. The number of carbonyl (C=O) groups excluding carboxylic acids is 1. The zero-order chi connectivity index (χ0) is 15.5. The molecule has 7 heteroatoms. The van der Waals surface area contributed by atoms with Crippen molar-refractivity contribution in [2.45, 2.75) is 45.6 Å². The van der Waals surface area contributed by atoms with Crippen LogP contribution in [0.25, 0.3) is 0 Å². The van der Waals surface area contributed by atoms with E-state index in [4.69, 9.17) is 5.73 Å². The van der Waals surface area contributed by atoms with Crippen LogP contribution in [0.1, 0.15) is 45.6 Å². The second-order valence-electron chi connectivity index (χ2n) is 5.85. The van der Waals surface area contributed by atoms with E-state index in [2.05, 4.69) is 34.9 Å². The molecule has 2 rings (SSSR count). The number of piperidine rings is 1. The molecule has 1 aliphatic heterocycles. The molecule has 0 aromatic carbocycles. The van der Waals surface area contributed by atoms with E-state index < -0.39 is 0 Å². The number of carbonyl (C=O) groups is 1. The van der Waals surface area contributed by atoms with Crippen molar-refractivity contribution < 1.29 is 4.79 Å². The highest BCUT2D eigenvalue weighted by Crippen LogP contribution is 2.31. The molecule has 1 aromatic rings. The molecule has 0 saturated carbocycles. The number of amides is 1. The van der Waals surface area contributed by atoms with E-state index in [-0.39, 0.29) is 23.7 Å². The lowest BCUT2D eigenvalue weighted by Gasteiger charge is -2.39. The monoisotopic (exact) mass is 392 g/mol. The van der Waals surface area contributed by atoms with E-state index in [0.29, 0.717) is 12.6 Å². The molecule has 0 aliphatic carbocycles. The van der Waals surface area contributed by atoms with Crippen molar-refractivity contribution in [3.05, 3.63) is 16.9 Å². The van der Waals surface area contributed by atoms with E-state index in [0.717, 1.165) is 43.2 Å². The number of nitrogens with two attached hydrogens (primary N) is 1. The molecule has 0 spiro atoms. The first kappa shape index (κ1) is 19.5. The van der Waals surface area contributed by atoms with Crippen molar-refractivity contribution in [3.8, 4) is 0 Å². The summed E-state index contributed by atoms with van der Waals surface area (Å²) in [5.41, 5.74) is 5.52. The fourth-order valence-electron chi connectivity index (χ4n) is 3.11. The van der Waals surface area contributed by atoms with Crippen LogP contribution in [-0.2, 0) is 4.79 Å². The average molecular weight is 394 g/mol. The van der Waals surface area contributed by atoms with Crippen molar-refractivity contribution in [1.29, 1.82) is 0 Å². The number of aromatic nitrogens is 2. The first-order valence-corrected chi connectivity index (χ1v) is 8.54. The molecule has 0 bridgehead atoms. The summed E-state index contributed by atoms with van der Waals surface area (Å²) in [5, 5.41) is 4.35. The minimum atomic E-state index is -0.373. The van der Waals surface area contributed by atoms with Gasteiger partial charge in [0.25, 0.3) is 0 Å². The van der Waals surface area contributed by atoms with Gasteiger partial charge in [0, 0.05) is 25.8 Å². The van der Waals surface area contributed by atoms with Crippen LogP contribution in [0, 0.1) is 5.41 Å². The maximum absolute atomic E-state index is 12.8. The van der Waals surface area contributed by atoms with Gasteiger partial charge in [-0.3, -0.25) is 9.48 Å². The third-order valence-corrected chi connectivity index (χ3v) is 5.30. The Labute approximate surface area is 147 Å². The Bertz CT molecular complexity index is 473. The van der Waals surface area contributed by atoms with Gasteiger partial charge in [0.1, 0.15) is 0 Å². The third-order valence-electron chi connectivity index (χ3n) is 4.89. The quantitative estimate of drug-likeness (QED) is 0.836. The molecule has 126 valence electrons. The highest BCUT2D eigenvalue weighted by molar-refractivity contribution is 9.10. The largest absolute Gasteiger partial charge is 0.342 e. The molecule has 0 radical (unpaired) electrons. The molecule has 0 atom stereocenters. The average Bonchev–Trinajstić information content (AvgIpc) is 2.96. The Morgan fingerprint density at radius 2 is 2.00 bits per heavy atom. The van der Waals surface area contributed by atoms with Crippen LogP contribution in [-0.4, -0.2) is 40.2 Å². The van der Waals surface area contributed by atoms with Crippen molar-refractivity contribution >= 4 is 34.2 Å². The summed E-state index contributed by atoms with van der Waals surface area (Å²) in [7, 11) is 0. The lowest BCUT2D eigenvalue weighted by Crippen LogP contribution is -2.50. The standard InChI is InChI=1S/C15H25BrN4O.ClH/c1-3-15(4-2,11-17)14(21)19-7-5-13(6-8-19)20-10-12(16)9-18-20;/h9-10,13H,3-8,11,17H2,1-2H3;1H. The Hall–Kier alpha value is -0.590. The molecule has 0 unspecified atom stereocenters. The number of hydrogen-bond donors (Lipinski definition) is 1. The minimum absolute atomic E-state index is 0. The van der Waals surface area contributed by atoms with Crippen LogP contribution < -0.4 is 5.73 Å². The summed E-state index contributed by atoms with van der Waals surface area (Å²) in [6, 6.07) is 0.385. The molecule has 22 heavy (non-hydrogen) atoms. The zero-order valence-electron chi connectivity index (χ0n) is 13.3. The van der Waals surface area contributed by atoms with Crippen molar-refractivity contribution in [1.82, 2.24) is 14.7 Å². The second-order valence-corrected chi connectivity index (χ2v) is 6.77.